The van der Waals surface area contributed by atoms with Crippen LogP contribution in [-0.4, -0.2) is 39.0 Å². The van der Waals surface area contributed by atoms with Gasteiger partial charge in [0.15, 0.2) is 11.5 Å². The number of carboxylic acids is 1. The van der Waals surface area contributed by atoms with Crippen molar-refractivity contribution < 1.29 is 28.8 Å². The van der Waals surface area contributed by atoms with Crippen LogP contribution in [0.2, 0.25) is 0 Å². The van der Waals surface area contributed by atoms with Gasteiger partial charge in [-0.1, -0.05) is 23.8 Å². The van der Waals surface area contributed by atoms with Crippen molar-refractivity contribution >= 4 is 5.97 Å². The number of ether oxygens (including phenoxy) is 4. The lowest BCUT2D eigenvalue weighted by Crippen LogP contribution is -2.19. The van der Waals surface area contributed by atoms with Gasteiger partial charge in [-0.3, -0.25) is 0 Å². The van der Waals surface area contributed by atoms with Crippen LogP contribution in [0.5, 0.6) is 17.2 Å². The molecule has 3 rings (SSSR count). The maximum atomic E-state index is 11.5. The van der Waals surface area contributed by atoms with Gasteiger partial charge in [0, 0.05) is 5.57 Å². The summed E-state index contributed by atoms with van der Waals surface area (Å²) in [7, 11) is 4.90. The number of carboxylic acid groups (broad SMARTS) is 1. The molecule has 0 amide bonds. The van der Waals surface area contributed by atoms with E-state index in [4.69, 9.17) is 18.9 Å². The van der Waals surface area contributed by atoms with Crippen molar-refractivity contribution in [2.45, 2.75) is 32.8 Å². The Balaban J connectivity index is 1.90. The molecule has 1 aliphatic heterocycles. The van der Waals surface area contributed by atoms with Gasteiger partial charge in [-0.25, -0.2) is 4.79 Å². The van der Waals surface area contributed by atoms with Crippen LogP contribution in [0.4, 0.5) is 0 Å². The minimum Gasteiger partial charge on any atom is -0.497 e. The van der Waals surface area contributed by atoms with Gasteiger partial charge in [0.1, 0.15) is 5.75 Å². The normalized spacial score (nSPS) is 21.1. The van der Waals surface area contributed by atoms with Gasteiger partial charge < -0.3 is 24.1 Å². The van der Waals surface area contributed by atoms with Crippen LogP contribution in [-0.2, 0) is 16.0 Å². The highest BCUT2D eigenvalue weighted by Crippen LogP contribution is 2.44. The molecule has 0 bridgehead atoms. The van der Waals surface area contributed by atoms with E-state index in [-0.39, 0.29) is 17.9 Å². The van der Waals surface area contributed by atoms with E-state index in [1.165, 1.54) is 0 Å². The zero-order valence-corrected chi connectivity index (χ0v) is 19.4. The first kappa shape index (κ1) is 23.7. The second-order valence-corrected chi connectivity index (χ2v) is 8.26. The maximum absolute atomic E-state index is 11.5. The molecule has 0 aliphatic carbocycles. The lowest BCUT2D eigenvalue weighted by atomic mass is 9.79. The molecule has 1 saturated heterocycles. The molecular formula is C26H32O6. The summed E-state index contributed by atoms with van der Waals surface area (Å²) < 4.78 is 22.4. The van der Waals surface area contributed by atoms with E-state index in [0.29, 0.717) is 30.1 Å². The zero-order chi connectivity index (χ0) is 23.3. The lowest BCUT2D eigenvalue weighted by Gasteiger charge is -2.25. The van der Waals surface area contributed by atoms with Crippen LogP contribution in [0, 0.1) is 11.8 Å². The van der Waals surface area contributed by atoms with Crippen molar-refractivity contribution in [2.75, 3.05) is 27.9 Å². The maximum Gasteiger partial charge on any atom is 0.331 e. The first-order valence-electron chi connectivity index (χ1n) is 10.7. The number of hydrogen-bond donors (Lipinski definition) is 1. The van der Waals surface area contributed by atoms with Crippen molar-refractivity contribution in [1.82, 2.24) is 0 Å². The topological polar surface area (TPSA) is 74.2 Å². The van der Waals surface area contributed by atoms with Crippen molar-refractivity contribution in [3.8, 4) is 17.2 Å². The molecule has 172 valence electrons. The van der Waals surface area contributed by atoms with Gasteiger partial charge in [0.25, 0.3) is 0 Å². The Morgan fingerprint density at radius 3 is 2.28 bits per heavy atom. The SMILES string of the molecule is COc1ccc([C@H]2OC[C@H](Cc3ccc(OC)c(OC)c3)[C@H]2CC(C)=C(C)C(=O)O)cc1. The van der Waals surface area contributed by atoms with Crippen LogP contribution in [0.25, 0.3) is 0 Å². The van der Waals surface area contributed by atoms with Gasteiger partial charge >= 0.3 is 5.97 Å². The minimum absolute atomic E-state index is 0.109. The van der Waals surface area contributed by atoms with E-state index in [9.17, 15) is 9.90 Å². The van der Waals surface area contributed by atoms with E-state index in [0.717, 1.165) is 28.9 Å². The van der Waals surface area contributed by atoms with Crippen molar-refractivity contribution in [1.29, 1.82) is 0 Å². The first-order chi connectivity index (χ1) is 15.4. The van der Waals surface area contributed by atoms with Gasteiger partial charge in [-0.15, -0.1) is 0 Å². The van der Waals surface area contributed by atoms with Gasteiger partial charge in [-0.2, -0.15) is 0 Å². The quantitative estimate of drug-likeness (QED) is 0.549. The molecule has 32 heavy (non-hydrogen) atoms. The summed E-state index contributed by atoms with van der Waals surface area (Å²) in [6, 6.07) is 13.9. The van der Waals surface area contributed by atoms with E-state index in [1.807, 2.05) is 49.4 Å². The molecule has 0 aromatic heterocycles. The van der Waals surface area contributed by atoms with Crippen LogP contribution in [0.3, 0.4) is 0 Å². The average Bonchev–Trinajstić information content (AvgIpc) is 3.20. The Labute approximate surface area is 189 Å². The molecule has 0 unspecified atom stereocenters. The summed E-state index contributed by atoms with van der Waals surface area (Å²) in [6.07, 6.45) is 1.35. The molecule has 3 atom stereocenters. The molecule has 6 nitrogen and oxygen atoms in total. The first-order valence-corrected chi connectivity index (χ1v) is 10.7. The van der Waals surface area contributed by atoms with E-state index in [1.54, 1.807) is 28.3 Å². The summed E-state index contributed by atoms with van der Waals surface area (Å²) in [6.45, 7) is 4.18. The largest absolute Gasteiger partial charge is 0.497 e. The Hall–Kier alpha value is -2.99. The fourth-order valence-corrected chi connectivity index (χ4v) is 4.34. The van der Waals surface area contributed by atoms with Crippen LogP contribution >= 0.6 is 0 Å². The highest BCUT2D eigenvalue weighted by molar-refractivity contribution is 5.86. The highest BCUT2D eigenvalue weighted by atomic mass is 16.5. The Kier molecular flexibility index (Phi) is 7.80. The summed E-state index contributed by atoms with van der Waals surface area (Å²) in [4.78, 5) is 11.5. The molecular weight excluding hydrogens is 408 g/mol. The number of benzene rings is 2. The molecule has 1 heterocycles. The predicted octanol–water partition coefficient (Wildman–Crippen LogP) is 5.07. The number of carbonyl (C=O) groups is 1. The molecule has 0 radical (unpaired) electrons. The summed E-state index contributed by atoms with van der Waals surface area (Å²) in [5, 5.41) is 9.45. The fraction of sp³-hybridized carbons (Fsp3) is 0.423. The Morgan fingerprint density at radius 1 is 1.00 bits per heavy atom. The van der Waals surface area contributed by atoms with Gasteiger partial charge in [-0.05, 0) is 73.9 Å². The van der Waals surface area contributed by atoms with E-state index >= 15 is 0 Å². The summed E-state index contributed by atoms with van der Waals surface area (Å²) >= 11 is 0. The van der Waals surface area contributed by atoms with Crippen molar-refractivity contribution in [3.05, 3.63) is 64.7 Å². The summed E-state index contributed by atoms with van der Waals surface area (Å²) in [5.41, 5.74) is 3.48. The number of allylic oxidation sites excluding steroid dienone is 1. The standard InChI is InChI=1S/C26H32O6/c1-16(17(2)26(27)28)12-22-20(13-18-6-11-23(30-4)24(14-18)31-5)15-32-25(22)19-7-9-21(29-3)10-8-19/h6-11,14,20,22,25H,12-13,15H2,1-5H3,(H,27,28)/t20-,22+,25+/m0/s1. The highest BCUT2D eigenvalue weighted by Gasteiger charge is 2.38. The number of hydrogen-bond acceptors (Lipinski definition) is 5. The molecule has 1 fully saturated rings. The lowest BCUT2D eigenvalue weighted by molar-refractivity contribution is -0.132. The third-order valence-electron chi connectivity index (χ3n) is 6.38. The number of rotatable bonds is 9. The van der Waals surface area contributed by atoms with Gasteiger partial charge in [0.05, 0.1) is 34.0 Å². The minimum atomic E-state index is -0.876. The monoisotopic (exact) mass is 440 g/mol. The molecule has 6 heteroatoms. The number of methoxy groups -OCH3 is 3. The van der Waals surface area contributed by atoms with Crippen LogP contribution < -0.4 is 14.2 Å². The smallest absolute Gasteiger partial charge is 0.331 e. The van der Waals surface area contributed by atoms with E-state index in [2.05, 4.69) is 0 Å². The third kappa shape index (κ3) is 5.25. The number of aliphatic carboxylic acids is 1. The predicted molar refractivity (Wildman–Crippen MR) is 123 cm³/mol. The molecule has 0 spiro atoms. The van der Waals surface area contributed by atoms with Crippen molar-refractivity contribution in [3.63, 3.8) is 0 Å². The second kappa shape index (κ2) is 10.6. The fourth-order valence-electron chi connectivity index (χ4n) is 4.34. The molecule has 2 aromatic rings. The van der Waals surface area contributed by atoms with Crippen molar-refractivity contribution in [2.24, 2.45) is 11.8 Å². The zero-order valence-electron chi connectivity index (χ0n) is 19.4. The molecule has 1 N–H and O–H groups in total. The third-order valence-corrected chi connectivity index (χ3v) is 6.38. The Morgan fingerprint density at radius 2 is 1.69 bits per heavy atom. The van der Waals surface area contributed by atoms with Gasteiger partial charge in [0.2, 0.25) is 0 Å². The molecule has 0 saturated carbocycles. The molecule has 1 aliphatic rings. The summed E-state index contributed by atoms with van der Waals surface area (Å²) in [5.74, 6) is 1.69. The van der Waals surface area contributed by atoms with E-state index < -0.39 is 5.97 Å². The van der Waals surface area contributed by atoms with Crippen LogP contribution in [0.15, 0.2) is 53.6 Å². The Bertz CT molecular complexity index is 963. The molecule has 2 aromatic carbocycles. The average molecular weight is 441 g/mol. The second-order valence-electron chi connectivity index (χ2n) is 8.26. The van der Waals surface area contributed by atoms with Crippen LogP contribution in [0.1, 0.15) is 37.5 Å².